The molecule has 0 aromatic rings. The number of hydrogen-bond donors (Lipinski definition) is 0. The number of hydrogen-bond acceptors (Lipinski definition) is 0. The van der Waals surface area contributed by atoms with Crippen LogP contribution < -0.4 is 0 Å². The molecule has 0 saturated carbocycles. The van der Waals surface area contributed by atoms with E-state index in [-0.39, 0.29) is 0 Å². The number of allylic oxidation sites excluding steroid dienone is 1. The highest BCUT2D eigenvalue weighted by atomic mass is 14.4. The Kier molecular flexibility index (Phi) is 4.74. The second-order valence-corrected chi connectivity index (χ2v) is 4.70. The fraction of sp³-hybridized carbons (Fsp3) is 0.846. The minimum Gasteiger partial charge on any atom is -0.103 e. The summed E-state index contributed by atoms with van der Waals surface area (Å²) in [7, 11) is 0. The molecule has 0 aliphatic heterocycles. The molecule has 0 amide bonds. The van der Waals surface area contributed by atoms with Gasteiger partial charge in [0.1, 0.15) is 0 Å². The molecule has 0 radical (unpaired) electrons. The Bertz CT molecular complexity index is 149. The van der Waals surface area contributed by atoms with Crippen LogP contribution in [0.3, 0.4) is 0 Å². The van der Waals surface area contributed by atoms with E-state index >= 15 is 0 Å². The van der Waals surface area contributed by atoms with Gasteiger partial charge in [0.2, 0.25) is 0 Å². The molecule has 0 heterocycles. The quantitative estimate of drug-likeness (QED) is 0.517. The smallest absolute Gasteiger partial charge is 0.00750 e. The second kappa shape index (κ2) is 4.83. The molecule has 0 nitrogen and oxygen atoms in total. The van der Waals surface area contributed by atoms with Crippen molar-refractivity contribution in [2.75, 3.05) is 0 Å². The van der Waals surface area contributed by atoms with Crippen molar-refractivity contribution in [1.82, 2.24) is 0 Å². The standard InChI is InChI=1S/C13H26/c1-7-11-12(5,6)13(8-2,9-3)10-4/h8H,2,7,9-11H2,1,3-6H3. The molecule has 0 rings (SSSR count). The molecule has 13 heavy (non-hydrogen) atoms. The van der Waals surface area contributed by atoms with E-state index in [2.05, 4.69) is 47.3 Å². The topological polar surface area (TPSA) is 0 Å². The highest BCUT2D eigenvalue weighted by Gasteiger charge is 2.38. The van der Waals surface area contributed by atoms with Crippen LogP contribution in [0.2, 0.25) is 0 Å². The molecular formula is C13H26. The largest absolute Gasteiger partial charge is 0.103 e. The van der Waals surface area contributed by atoms with Crippen LogP contribution in [0.1, 0.15) is 60.3 Å². The summed E-state index contributed by atoms with van der Waals surface area (Å²) in [5.74, 6) is 0. The molecule has 0 atom stereocenters. The lowest BCUT2D eigenvalue weighted by molar-refractivity contribution is 0.0997. The van der Waals surface area contributed by atoms with Gasteiger partial charge >= 0.3 is 0 Å². The van der Waals surface area contributed by atoms with Crippen molar-refractivity contribution in [2.45, 2.75) is 60.3 Å². The molecule has 0 fully saturated rings. The molecule has 78 valence electrons. The lowest BCUT2D eigenvalue weighted by Crippen LogP contribution is -2.35. The minimum atomic E-state index is 0.336. The number of rotatable bonds is 6. The van der Waals surface area contributed by atoms with Crippen LogP contribution in [0.4, 0.5) is 0 Å². The van der Waals surface area contributed by atoms with E-state index < -0.39 is 0 Å². The fourth-order valence-electron chi connectivity index (χ4n) is 2.65. The molecule has 0 spiro atoms. The predicted octanol–water partition coefficient (Wildman–Crippen LogP) is 4.81. The van der Waals surface area contributed by atoms with Gasteiger partial charge in [-0.3, -0.25) is 0 Å². The van der Waals surface area contributed by atoms with Crippen LogP contribution in [0.5, 0.6) is 0 Å². The maximum atomic E-state index is 4.02. The van der Waals surface area contributed by atoms with E-state index in [0.717, 1.165) is 0 Å². The SMILES string of the molecule is C=CC(CC)(CC)C(C)(C)CCC. The van der Waals surface area contributed by atoms with E-state index in [1.165, 1.54) is 25.7 Å². The zero-order valence-corrected chi connectivity index (χ0v) is 10.1. The van der Waals surface area contributed by atoms with Crippen LogP contribution in [0.25, 0.3) is 0 Å². The van der Waals surface area contributed by atoms with Crippen molar-refractivity contribution < 1.29 is 0 Å². The molecule has 0 aliphatic carbocycles. The highest BCUT2D eigenvalue weighted by molar-refractivity contribution is 5.02. The van der Waals surface area contributed by atoms with Crippen LogP contribution in [0.15, 0.2) is 12.7 Å². The zero-order valence-electron chi connectivity index (χ0n) is 10.1. The maximum Gasteiger partial charge on any atom is -0.00750 e. The van der Waals surface area contributed by atoms with E-state index in [0.29, 0.717) is 10.8 Å². The van der Waals surface area contributed by atoms with Gasteiger partial charge in [-0.1, -0.05) is 47.1 Å². The molecule has 0 heteroatoms. The third-order valence-corrected chi connectivity index (χ3v) is 3.88. The summed E-state index contributed by atoms with van der Waals surface area (Å²) in [4.78, 5) is 0. The summed E-state index contributed by atoms with van der Waals surface area (Å²) in [6.07, 6.45) is 7.16. The first-order valence-corrected chi connectivity index (χ1v) is 5.63. The first-order chi connectivity index (χ1) is 5.99. The molecule has 0 aliphatic rings. The van der Waals surface area contributed by atoms with Gasteiger partial charge in [0, 0.05) is 0 Å². The van der Waals surface area contributed by atoms with Crippen LogP contribution in [0, 0.1) is 10.8 Å². The van der Waals surface area contributed by atoms with E-state index in [1.54, 1.807) is 0 Å². The van der Waals surface area contributed by atoms with E-state index in [1.807, 2.05) is 0 Å². The summed E-state index contributed by atoms with van der Waals surface area (Å²) in [6.45, 7) is 15.6. The summed E-state index contributed by atoms with van der Waals surface area (Å²) in [5.41, 5.74) is 0.732. The van der Waals surface area contributed by atoms with Gasteiger partial charge in [-0.25, -0.2) is 0 Å². The molecular weight excluding hydrogens is 156 g/mol. The van der Waals surface area contributed by atoms with E-state index in [4.69, 9.17) is 0 Å². The lowest BCUT2D eigenvalue weighted by atomic mass is 9.60. The highest BCUT2D eigenvalue weighted by Crippen LogP contribution is 2.48. The molecule has 0 saturated heterocycles. The first-order valence-electron chi connectivity index (χ1n) is 5.63. The molecule has 0 unspecified atom stereocenters. The van der Waals surface area contributed by atoms with Gasteiger partial charge in [-0.2, -0.15) is 0 Å². The molecule has 0 aromatic carbocycles. The third-order valence-electron chi connectivity index (χ3n) is 3.88. The van der Waals surface area contributed by atoms with Gasteiger partial charge in [0.15, 0.2) is 0 Å². The van der Waals surface area contributed by atoms with E-state index in [9.17, 15) is 0 Å². The van der Waals surface area contributed by atoms with Crippen molar-refractivity contribution in [3.63, 3.8) is 0 Å². The summed E-state index contributed by atoms with van der Waals surface area (Å²) >= 11 is 0. The maximum absolute atomic E-state index is 4.02. The summed E-state index contributed by atoms with van der Waals surface area (Å²) < 4.78 is 0. The molecule has 0 N–H and O–H groups in total. The van der Waals surface area contributed by atoms with Gasteiger partial charge in [0.05, 0.1) is 0 Å². The third kappa shape index (κ3) is 2.36. The second-order valence-electron chi connectivity index (χ2n) is 4.70. The Balaban J connectivity index is 4.79. The van der Waals surface area contributed by atoms with Crippen molar-refractivity contribution in [3.8, 4) is 0 Å². The van der Waals surface area contributed by atoms with Gasteiger partial charge < -0.3 is 0 Å². The average Bonchev–Trinajstić information content (AvgIpc) is 2.07. The Labute approximate surface area is 84.4 Å². The van der Waals surface area contributed by atoms with Gasteiger partial charge in [-0.15, -0.1) is 6.58 Å². The van der Waals surface area contributed by atoms with Gasteiger partial charge in [-0.05, 0) is 30.1 Å². The Hall–Kier alpha value is -0.260. The minimum absolute atomic E-state index is 0.336. The summed E-state index contributed by atoms with van der Waals surface area (Å²) in [6, 6.07) is 0. The van der Waals surface area contributed by atoms with Crippen LogP contribution >= 0.6 is 0 Å². The molecule has 0 bridgehead atoms. The first kappa shape index (κ1) is 12.7. The Morgan fingerprint density at radius 1 is 1.08 bits per heavy atom. The monoisotopic (exact) mass is 182 g/mol. The van der Waals surface area contributed by atoms with Crippen molar-refractivity contribution in [2.24, 2.45) is 10.8 Å². The lowest BCUT2D eigenvalue weighted by Gasteiger charge is -2.44. The Morgan fingerprint density at radius 3 is 1.77 bits per heavy atom. The van der Waals surface area contributed by atoms with Crippen LogP contribution in [-0.4, -0.2) is 0 Å². The van der Waals surface area contributed by atoms with Gasteiger partial charge in [0.25, 0.3) is 0 Å². The normalized spacial score (nSPS) is 13.0. The van der Waals surface area contributed by atoms with Crippen LogP contribution in [-0.2, 0) is 0 Å². The predicted molar refractivity (Wildman–Crippen MR) is 61.9 cm³/mol. The summed E-state index contributed by atoms with van der Waals surface area (Å²) in [5, 5.41) is 0. The zero-order chi connectivity index (χ0) is 10.5. The Morgan fingerprint density at radius 2 is 1.54 bits per heavy atom. The van der Waals surface area contributed by atoms with Crippen molar-refractivity contribution in [3.05, 3.63) is 12.7 Å². The van der Waals surface area contributed by atoms with Crippen molar-refractivity contribution in [1.29, 1.82) is 0 Å². The average molecular weight is 182 g/mol. The fourth-order valence-corrected chi connectivity index (χ4v) is 2.65. The molecule has 0 aromatic heterocycles. The van der Waals surface area contributed by atoms with Crippen molar-refractivity contribution >= 4 is 0 Å².